The van der Waals surface area contributed by atoms with Gasteiger partial charge in [0.2, 0.25) is 11.8 Å². The van der Waals surface area contributed by atoms with E-state index >= 15 is 0 Å². The van der Waals surface area contributed by atoms with E-state index in [1.165, 1.54) is 67.3 Å². The number of benzene rings is 3. The maximum Gasteiger partial charge on any atom is 0.281 e. The van der Waals surface area contributed by atoms with Crippen molar-refractivity contribution in [1.29, 1.82) is 0 Å². The minimum Gasteiger partial charge on any atom is -0.357 e. The van der Waals surface area contributed by atoms with Crippen LogP contribution in [0.1, 0.15) is 129 Å². The summed E-state index contributed by atoms with van der Waals surface area (Å²) in [6, 6.07) is 17.8. The number of amides is 3. The molecule has 310 valence electrons. The minimum atomic E-state index is -0.711. The topological polar surface area (TPSA) is 134 Å². The van der Waals surface area contributed by atoms with E-state index in [9.17, 15) is 24.0 Å². The SMILES string of the molecule is CN1CCC(c2ccc3c(c2)-n2c(nc(=O)c4c(Br)cccc42)C32CCCCC2)CC1.CNC(=O)C(CCC=O)N1Cc2c(NC(=O)C3CCCCC3)cccc2C1=O. The molecule has 1 aromatic heterocycles. The minimum absolute atomic E-state index is 0.00260. The number of hydrogen-bond donors (Lipinski definition) is 2. The third-order valence-corrected chi connectivity index (χ3v) is 14.3. The summed E-state index contributed by atoms with van der Waals surface area (Å²) in [6.07, 6.45) is 14.6. The number of hydrogen-bond acceptors (Lipinski definition) is 7. The summed E-state index contributed by atoms with van der Waals surface area (Å²) in [5.41, 5.74) is 6.69. The Hall–Kier alpha value is -4.68. The van der Waals surface area contributed by atoms with E-state index in [2.05, 4.69) is 67.3 Å². The molecular formula is C47H55BrN6O5. The van der Waals surface area contributed by atoms with E-state index in [4.69, 9.17) is 4.98 Å². The highest BCUT2D eigenvalue weighted by atomic mass is 79.9. The molecule has 2 aliphatic carbocycles. The highest BCUT2D eigenvalue weighted by Crippen LogP contribution is 2.52. The molecule has 59 heavy (non-hydrogen) atoms. The highest BCUT2D eigenvalue weighted by molar-refractivity contribution is 9.10. The zero-order valence-corrected chi connectivity index (χ0v) is 35.8. The lowest BCUT2D eigenvalue weighted by molar-refractivity contribution is -0.125. The Labute approximate surface area is 354 Å². The normalized spacial score (nSPS) is 19.4. The second kappa shape index (κ2) is 17.5. The van der Waals surface area contributed by atoms with Crippen molar-refractivity contribution in [2.75, 3.05) is 32.5 Å². The zero-order chi connectivity index (χ0) is 41.3. The van der Waals surface area contributed by atoms with Gasteiger partial charge in [-0.05, 0) is 128 Å². The molecule has 3 aliphatic heterocycles. The molecule has 4 heterocycles. The quantitative estimate of drug-likeness (QED) is 0.173. The van der Waals surface area contributed by atoms with Crippen LogP contribution in [0.15, 0.2) is 63.9 Å². The molecule has 12 heteroatoms. The lowest BCUT2D eigenvalue weighted by Gasteiger charge is -2.34. The Balaban J connectivity index is 0.000000165. The van der Waals surface area contributed by atoms with Gasteiger partial charge in [0.25, 0.3) is 11.5 Å². The van der Waals surface area contributed by atoms with Crippen LogP contribution in [0.5, 0.6) is 0 Å². The molecule has 2 N–H and O–H groups in total. The molecule has 3 aromatic carbocycles. The fourth-order valence-electron chi connectivity index (χ4n) is 10.4. The molecule has 2 saturated carbocycles. The molecule has 1 atom stereocenters. The first kappa shape index (κ1) is 41.1. The van der Waals surface area contributed by atoms with Crippen molar-refractivity contribution in [2.24, 2.45) is 5.92 Å². The summed E-state index contributed by atoms with van der Waals surface area (Å²) in [6.45, 7) is 2.56. The fourth-order valence-corrected chi connectivity index (χ4v) is 11.0. The molecular weight excluding hydrogens is 808 g/mol. The van der Waals surface area contributed by atoms with Gasteiger partial charge in [-0.1, -0.05) is 62.8 Å². The third kappa shape index (κ3) is 7.78. The van der Waals surface area contributed by atoms with Crippen LogP contribution in [0.25, 0.3) is 16.6 Å². The van der Waals surface area contributed by atoms with E-state index < -0.39 is 6.04 Å². The molecule has 1 spiro atoms. The summed E-state index contributed by atoms with van der Waals surface area (Å²) < 4.78 is 3.15. The van der Waals surface area contributed by atoms with Gasteiger partial charge in [0.15, 0.2) is 0 Å². The summed E-state index contributed by atoms with van der Waals surface area (Å²) >= 11 is 3.61. The number of halogens is 1. The first-order valence-corrected chi connectivity index (χ1v) is 22.4. The molecule has 1 saturated heterocycles. The van der Waals surface area contributed by atoms with Crippen LogP contribution < -0.4 is 16.2 Å². The first-order chi connectivity index (χ1) is 28.6. The van der Waals surface area contributed by atoms with Crippen molar-refractivity contribution < 1.29 is 19.2 Å². The Kier molecular flexibility index (Phi) is 12.2. The predicted molar refractivity (Wildman–Crippen MR) is 233 cm³/mol. The molecule has 4 aromatic rings. The second-order valence-corrected chi connectivity index (χ2v) is 18.0. The van der Waals surface area contributed by atoms with Crippen molar-refractivity contribution in [1.82, 2.24) is 24.7 Å². The van der Waals surface area contributed by atoms with Crippen LogP contribution in [0.2, 0.25) is 0 Å². The standard InChI is InChI=1S/C26H28BrN3O.C21H27N3O4/c1-29-14-10-17(11-15-29)18-8-9-19-22(16-18)30-21-7-5-6-20(27)23(21)24(31)28-25(30)26(19)12-3-2-4-13-26;1-22-20(27)18(11-6-12-25)24-13-16-15(21(24)28)9-5-10-17(16)23-19(26)14-7-3-2-4-8-14/h5-9,16-17H,2-4,10-15H2,1H3;5,9-10,12,14,18H,2-4,6-8,11,13H2,1H3,(H,22,27)(H,23,26). The fraction of sp³-hybridized carbons (Fsp3) is 0.489. The summed E-state index contributed by atoms with van der Waals surface area (Å²) in [5, 5.41) is 6.26. The lowest BCUT2D eigenvalue weighted by Crippen LogP contribution is -2.46. The van der Waals surface area contributed by atoms with Gasteiger partial charge in [-0.2, -0.15) is 4.98 Å². The number of aldehydes is 1. The Bertz CT molecular complexity index is 2320. The van der Waals surface area contributed by atoms with E-state index in [1.54, 1.807) is 18.2 Å². The number of aromatic nitrogens is 2. The van der Waals surface area contributed by atoms with Crippen molar-refractivity contribution in [3.05, 3.63) is 97.5 Å². The Morgan fingerprint density at radius 2 is 1.68 bits per heavy atom. The highest BCUT2D eigenvalue weighted by Gasteiger charge is 2.47. The predicted octanol–water partition coefficient (Wildman–Crippen LogP) is 7.78. The van der Waals surface area contributed by atoms with Gasteiger partial charge in [0.1, 0.15) is 18.2 Å². The molecule has 3 fully saturated rings. The van der Waals surface area contributed by atoms with Gasteiger partial charge in [-0.15, -0.1) is 0 Å². The largest absolute Gasteiger partial charge is 0.357 e. The van der Waals surface area contributed by atoms with E-state index in [1.807, 2.05) is 12.1 Å². The maximum absolute atomic E-state index is 13.1. The van der Waals surface area contributed by atoms with Crippen LogP contribution in [0.4, 0.5) is 5.69 Å². The Morgan fingerprint density at radius 3 is 2.41 bits per heavy atom. The molecule has 0 bridgehead atoms. The van der Waals surface area contributed by atoms with Crippen LogP contribution in [0.3, 0.4) is 0 Å². The first-order valence-electron chi connectivity index (χ1n) is 21.6. The number of piperidine rings is 1. The van der Waals surface area contributed by atoms with Gasteiger partial charge in [-0.3, -0.25) is 23.7 Å². The zero-order valence-electron chi connectivity index (χ0n) is 34.2. The lowest BCUT2D eigenvalue weighted by atomic mass is 9.69. The summed E-state index contributed by atoms with van der Waals surface area (Å²) in [5.74, 6) is 1.06. The number of carbonyl (C=O) groups is 4. The number of likely N-dealkylation sites (N-methyl/N-ethyl adjacent to an activating group) is 1. The number of likely N-dealkylation sites (tertiary alicyclic amines) is 1. The van der Waals surface area contributed by atoms with Crippen LogP contribution in [-0.4, -0.2) is 76.6 Å². The maximum atomic E-state index is 13.1. The molecule has 9 rings (SSSR count). The van der Waals surface area contributed by atoms with Gasteiger partial charge >= 0.3 is 0 Å². The monoisotopic (exact) mass is 862 g/mol. The summed E-state index contributed by atoms with van der Waals surface area (Å²) in [4.78, 5) is 70.4. The number of nitrogens with zero attached hydrogens (tertiary/aromatic N) is 4. The number of carbonyl (C=O) groups excluding carboxylic acids is 4. The molecule has 11 nitrogen and oxygen atoms in total. The van der Waals surface area contributed by atoms with Gasteiger partial charge in [0, 0.05) is 47.2 Å². The summed E-state index contributed by atoms with van der Waals surface area (Å²) in [7, 11) is 3.73. The van der Waals surface area contributed by atoms with Crippen molar-refractivity contribution in [2.45, 2.75) is 114 Å². The number of fused-ring (bicyclic) bond motifs is 8. The molecule has 1 unspecified atom stereocenters. The van der Waals surface area contributed by atoms with Crippen molar-refractivity contribution in [3.63, 3.8) is 0 Å². The third-order valence-electron chi connectivity index (χ3n) is 13.7. The molecule has 0 radical (unpaired) electrons. The number of rotatable bonds is 8. The van der Waals surface area contributed by atoms with Crippen LogP contribution in [0, 0.1) is 5.92 Å². The van der Waals surface area contributed by atoms with E-state index in [0.29, 0.717) is 22.6 Å². The van der Waals surface area contributed by atoms with Crippen LogP contribution >= 0.6 is 15.9 Å². The molecule has 5 aliphatic rings. The van der Waals surface area contributed by atoms with E-state index in [0.717, 1.165) is 79.3 Å². The average molecular weight is 864 g/mol. The number of anilines is 1. The number of nitrogens with one attached hydrogen (secondary N) is 2. The molecule has 3 amide bonds. The van der Waals surface area contributed by atoms with E-state index in [-0.39, 0.29) is 54.0 Å². The smallest absolute Gasteiger partial charge is 0.281 e. The Morgan fingerprint density at radius 1 is 0.949 bits per heavy atom. The van der Waals surface area contributed by atoms with Crippen molar-refractivity contribution in [3.8, 4) is 5.69 Å². The van der Waals surface area contributed by atoms with Gasteiger partial charge in [0.05, 0.1) is 22.0 Å². The second-order valence-electron chi connectivity index (χ2n) is 17.2. The average Bonchev–Trinajstić information content (AvgIpc) is 3.73. The van der Waals surface area contributed by atoms with Crippen molar-refractivity contribution >= 4 is 56.5 Å². The van der Waals surface area contributed by atoms with Gasteiger partial charge in [-0.25, -0.2) is 0 Å². The van der Waals surface area contributed by atoms with Crippen LogP contribution in [-0.2, 0) is 26.3 Å². The van der Waals surface area contributed by atoms with Gasteiger partial charge < -0.3 is 25.2 Å².